The Balaban J connectivity index is 1.69. The Hall–Kier alpha value is -3.67. The molecule has 1 unspecified atom stereocenters. The first kappa shape index (κ1) is 26.9. The molecule has 0 bridgehead atoms. The van der Waals surface area contributed by atoms with E-state index in [0.717, 1.165) is 22.9 Å². The summed E-state index contributed by atoms with van der Waals surface area (Å²) in [4.78, 5) is 16.2. The molecule has 2 aromatic heterocycles. The number of nitrogens with two attached hydrogens (primary N) is 1. The Morgan fingerprint density at radius 2 is 1.97 bits per heavy atom. The van der Waals surface area contributed by atoms with Gasteiger partial charge in [-0.2, -0.15) is 0 Å². The monoisotopic (exact) mass is 550 g/mol. The molecule has 0 saturated carbocycles. The number of rotatable bonds is 8. The number of benzene rings is 2. The third-order valence-electron chi connectivity index (χ3n) is 6.58. The largest absolute Gasteiger partial charge is 0.593 e. The summed E-state index contributed by atoms with van der Waals surface area (Å²) < 4.78 is 42.1. The second-order valence-corrected chi connectivity index (χ2v) is 10.6. The van der Waals surface area contributed by atoms with Gasteiger partial charge in [-0.05, 0) is 48.7 Å². The standard InChI is InChI=1S/C28H31FN6O3S/c1-4-12-39(36)34-22-7-5-6-20(24(22)29)18-14-21-25(23(15-18)37-3)32-27(19-13-17(2)26(30)31-16-19)33-28(21)35-8-10-38-11-9-35/h5-7,13-16,34H,4,8-12H2,1-3H3,(H2,30,31). The van der Waals surface area contributed by atoms with Crippen molar-refractivity contribution in [2.45, 2.75) is 20.3 Å². The summed E-state index contributed by atoms with van der Waals surface area (Å²) in [6, 6.07) is 10.6. The first-order valence-electron chi connectivity index (χ1n) is 12.8. The van der Waals surface area contributed by atoms with Crippen LogP contribution < -0.4 is 20.1 Å². The lowest BCUT2D eigenvalue weighted by Gasteiger charge is -2.29. The second-order valence-electron chi connectivity index (χ2n) is 9.29. The highest BCUT2D eigenvalue weighted by atomic mass is 32.2. The van der Waals surface area contributed by atoms with Crippen LogP contribution in [0.3, 0.4) is 0 Å². The van der Waals surface area contributed by atoms with E-state index in [-0.39, 0.29) is 5.69 Å². The van der Waals surface area contributed by atoms with Crippen molar-refractivity contribution in [1.29, 1.82) is 0 Å². The van der Waals surface area contributed by atoms with Crippen LogP contribution in [0.25, 0.3) is 33.4 Å². The fraction of sp³-hybridized carbons (Fsp3) is 0.321. The number of aryl methyl sites for hydroxylation is 1. The van der Waals surface area contributed by atoms with Crippen molar-refractivity contribution in [2.75, 3.05) is 54.5 Å². The second kappa shape index (κ2) is 11.6. The van der Waals surface area contributed by atoms with Crippen molar-refractivity contribution in [3.63, 3.8) is 0 Å². The van der Waals surface area contributed by atoms with Gasteiger partial charge in [0.05, 0.1) is 31.7 Å². The maximum absolute atomic E-state index is 15.7. The number of morpholine rings is 1. The molecule has 0 spiro atoms. The van der Waals surface area contributed by atoms with Gasteiger partial charge in [0.15, 0.2) is 11.6 Å². The summed E-state index contributed by atoms with van der Waals surface area (Å²) in [5, 5.41) is 0.724. The summed E-state index contributed by atoms with van der Waals surface area (Å²) in [5.41, 5.74) is 9.23. The number of halogens is 1. The zero-order chi connectivity index (χ0) is 27.5. The Morgan fingerprint density at radius 3 is 2.69 bits per heavy atom. The molecule has 3 heterocycles. The van der Waals surface area contributed by atoms with Crippen LogP contribution >= 0.6 is 0 Å². The molecule has 0 aliphatic carbocycles. The van der Waals surface area contributed by atoms with Crippen molar-refractivity contribution in [1.82, 2.24) is 15.0 Å². The van der Waals surface area contributed by atoms with Gasteiger partial charge in [-0.3, -0.25) is 0 Å². The lowest BCUT2D eigenvalue weighted by atomic mass is 10.0. The van der Waals surface area contributed by atoms with E-state index in [0.29, 0.717) is 71.9 Å². The minimum Gasteiger partial charge on any atom is -0.593 e. The summed E-state index contributed by atoms with van der Waals surface area (Å²) >= 11 is -1.37. The molecule has 5 rings (SSSR count). The van der Waals surface area contributed by atoms with Crippen molar-refractivity contribution in [3.05, 3.63) is 54.0 Å². The lowest BCUT2D eigenvalue weighted by molar-refractivity contribution is 0.122. The highest BCUT2D eigenvalue weighted by molar-refractivity contribution is 7.92. The predicted octanol–water partition coefficient (Wildman–Crippen LogP) is 4.72. The van der Waals surface area contributed by atoms with Gasteiger partial charge in [-0.25, -0.2) is 24.1 Å². The molecule has 39 heavy (non-hydrogen) atoms. The molecule has 1 aliphatic heterocycles. The maximum atomic E-state index is 15.7. The summed E-state index contributed by atoms with van der Waals surface area (Å²) in [5.74, 6) is 2.06. The Bertz CT molecular complexity index is 1500. The maximum Gasteiger partial charge on any atom is 0.163 e. The van der Waals surface area contributed by atoms with E-state index in [1.54, 1.807) is 37.6 Å². The quantitative estimate of drug-likeness (QED) is 0.300. The molecule has 9 nitrogen and oxygen atoms in total. The topological polar surface area (TPSA) is 121 Å². The van der Waals surface area contributed by atoms with Gasteiger partial charge in [-0.15, -0.1) is 0 Å². The fourth-order valence-electron chi connectivity index (χ4n) is 4.54. The molecule has 1 saturated heterocycles. The number of hydrogen-bond donors (Lipinski definition) is 2. The van der Waals surface area contributed by atoms with Crippen molar-refractivity contribution >= 4 is 39.6 Å². The number of fused-ring (bicyclic) bond motifs is 1. The molecule has 1 fully saturated rings. The molecule has 0 radical (unpaired) electrons. The van der Waals surface area contributed by atoms with Crippen molar-refractivity contribution in [3.8, 4) is 28.3 Å². The molecule has 1 aliphatic rings. The van der Waals surface area contributed by atoms with Gasteiger partial charge in [0.1, 0.15) is 34.3 Å². The Morgan fingerprint density at radius 1 is 1.18 bits per heavy atom. The smallest absolute Gasteiger partial charge is 0.163 e. The molecule has 204 valence electrons. The van der Waals surface area contributed by atoms with E-state index >= 15 is 4.39 Å². The lowest BCUT2D eigenvalue weighted by Crippen LogP contribution is -2.37. The molecule has 4 aromatic rings. The zero-order valence-electron chi connectivity index (χ0n) is 22.2. The number of nitrogens with one attached hydrogen (secondary N) is 1. The number of anilines is 3. The van der Waals surface area contributed by atoms with Gasteiger partial charge < -0.3 is 24.7 Å². The molecular formula is C28H31FN6O3S. The zero-order valence-corrected chi connectivity index (χ0v) is 23.0. The average Bonchev–Trinajstić information content (AvgIpc) is 2.95. The third kappa shape index (κ3) is 5.56. The molecular weight excluding hydrogens is 519 g/mol. The van der Waals surface area contributed by atoms with Crippen LogP contribution in [0.2, 0.25) is 0 Å². The number of methoxy groups -OCH3 is 1. The van der Waals surface area contributed by atoms with Gasteiger partial charge >= 0.3 is 0 Å². The highest BCUT2D eigenvalue weighted by Gasteiger charge is 2.23. The fourth-order valence-corrected chi connectivity index (χ4v) is 5.42. The number of pyridine rings is 1. The van der Waals surface area contributed by atoms with Crippen molar-refractivity contribution < 1.29 is 18.4 Å². The molecule has 3 N–H and O–H groups in total. The van der Waals surface area contributed by atoms with Crippen molar-refractivity contribution in [2.24, 2.45) is 0 Å². The Labute approximate surface area is 229 Å². The van der Waals surface area contributed by atoms with Crippen LogP contribution in [-0.2, 0) is 16.1 Å². The summed E-state index contributed by atoms with van der Waals surface area (Å²) in [6.07, 6.45) is 2.38. The minimum absolute atomic E-state index is 0.185. The van der Waals surface area contributed by atoms with Crippen LogP contribution in [0.15, 0.2) is 42.6 Å². The summed E-state index contributed by atoms with van der Waals surface area (Å²) in [6.45, 7) is 6.24. The molecule has 2 aromatic carbocycles. The normalized spacial score (nSPS) is 14.4. The van der Waals surface area contributed by atoms with Gasteiger partial charge in [0.25, 0.3) is 0 Å². The third-order valence-corrected chi connectivity index (χ3v) is 7.80. The van der Waals surface area contributed by atoms with Crippen LogP contribution in [0.4, 0.5) is 21.7 Å². The van der Waals surface area contributed by atoms with Gasteiger partial charge in [-0.1, -0.05) is 19.1 Å². The number of nitrogens with zero attached hydrogens (tertiary/aromatic N) is 4. The Kier molecular flexibility index (Phi) is 8.01. The van der Waals surface area contributed by atoms with Gasteiger partial charge in [0, 0.05) is 35.8 Å². The van der Waals surface area contributed by atoms with Crippen LogP contribution in [0.1, 0.15) is 18.9 Å². The van der Waals surface area contributed by atoms with Gasteiger partial charge in [0.2, 0.25) is 0 Å². The van der Waals surface area contributed by atoms with E-state index in [2.05, 4.69) is 14.6 Å². The van der Waals surface area contributed by atoms with E-state index in [9.17, 15) is 4.55 Å². The molecule has 0 amide bonds. The minimum atomic E-state index is -1.37. The van der Waals surface area contributed by atoms with E-state index < -0.39 is 17.2 Å². The highest BCUT2D eigenvalue weighted by Crippen LogP contribution is 2.39. The molecule has 1 atom stereocenters. The first-order chi connectivity index (χ1) is 18.9. The number of aromatic nitrogens is 3. The number of hydrogen-bond acceptors (Lipinski definition) is 9. The van der Waals surface area contributed by atoms with Crippen LogP contribution in [0, 0.1) is 12.7 Å². The number of nitrogen functional groups attached to an aromatic ring is 1. The summed E-state index contributed by atoms with van der Waals surface area (Å²) in [7, 11) is 1.56. The van der Waals surface area contributed by atoms with Crippen LogP contribution in [0.5, 0.6) is 5.75 Å². The average molecular weight is 551 g/mol. The predicted molar refractivity (Wildman–Crippen MR) is 154 cm³/mol. The number of ether oxygens (including phenoxy) is 2. The van der Waals surface area contributed by atoms with E-state index in [4.69, 9.17) is 25.2 Å². The molecule has 11 heteroatoms. The van der Waals surface area contributed by atoms with E-state index in [1.807, 2.05) is 26.0 Å². The van der Waals surface area contributed by atoms with Crippen LogP contribution in [-0.4, -0.2) is 58.7 Å². The first-order valence-corrected chi connectivity index (χ1v) is 14.1. The van der Waals surface area contributed by atoms with E-state index in [1.165, 1.54) is 0 Å². The SMILES string of the molecule is CCC[S+]([O-])Nc1cccc(-c2cc(OC)c3nc(-c4cnc(N)c(C)c4)nc(N4CCOCC4)c3c2)c1F.